The van der Waals surface area contributed by atoms with Crippen molar-refractivity contribution in [2.45, 2.75) is 6.10 Å². The zero-order chi connectivity index (χ0) is 23.4. The van der Waals surface area contributed by atoms with Crippen molar-refractivity contribution in [2.24, 2.45) is 5.10 Å². The Morgan fingerprint density at radius 1 is 1.09 bits per heavy atom. The fourth-order valence-electron chi connectivity index (χ4n) is 2.94. The van der Waals surface area contributed by atoms with Crippen molar-refractivity contribution in [3.63, 3.8) is 0 Å². The topological polar surface area (TPSA) is 86.2 Å². The van der Waals surface area contributed by atoms with Gasteiger partial charge in [-0.3, -0.25) is 4.79 Å². The van der Waals surface area contributed by atoms with Gasteiger partial charge in [-0.05, 0) is 58.4 Å². The number of amides is 1. The molecule has 168 valence electrons. The summed E-state index contributed by atoms with van der Waals surface area (Å²) in [6.07, 6.45) is 0.441. The molecule has 1 aliphatic rings. The molecule has 0 bridgehead atoms. The number of benzene rings is 3. The van der Waals surface area contributed by atoms with Gasteiger partial charge in [0.25, 0.3) is 5.91 Å². The van der Waals surface area contributed by atoms with Crippen LogP contribution < -0.4 is 19.6 Å². The lowest BCUT2D eigenvalue weighted by Gasteiger charge is -2.24. The number of hydrogen-bond acceptors (Lipinski definition) is 6. The van der Waals surface area contributed by atoms with Gasteiger partial charge < -0.3 is 14.2 Å². The maximum atomic E-state index is 13.5. The highest BCUT2D eigenvalue weighted by molar-refractivity contribution is 9.11. The smallest absolute Gasteiger partial charge is 0.343 e. The number of hydrazone groups is 1. The van der Waals surface area contributed by atoms with Crippen LogP contribution in [0.4, 0.5) is 4.39 Å². The number of carbonyl (C=O) groups excluding carboxylic acids is 2. The van der Waals surface area contributed by atoms with E-state index in [1.807, 2.05) is 6.07 Å². The Morgan fingerprint density at radius 3 is 2.67 bits per heavy atom. The van der Waals surface area contributed by atoms with Crippen molar-refractivity contribution in [1.82, 2.24) is 5.43 Å². The summed E-state index contributed by atoms with van der Waals surface area (Å²) in [5.41, 5.74) is 2.83. The van der Waals surface area contributed by atoms with Gasteiger partial charge in [-0.2, -0.15) is 5.10 Å². The Labute approximate surface area is 204 Å². The number of nitrogens with zero attached hydrogens (tertiary/aromatic N) is 1. The van der Waals surface area contributed by atoms with Gasteiger partial charge >= 0.3 is 5.97 Å². The molecule has 0 fully saturated rings. The van der Waals surface area contributed by atoms with Gasteiger partial charge in [0.2, 0.25) is 6.10 Å². The van der Waals surface area contributed by atoms with Gasteiger partial charge in [0.1, 0.15) is 12.4 Å². The SMILES string of the molecule is O=C(Oc1c(Br)cc(Br)cc1/C=N/NC(=O)C1COc2ccccc2O1)c1cccc(F)c1. The molecule has 0 spiro atoms. The molecule has 4 rings (SSSR count). The molecule has 0 radical (unpaired) electrons. The average Bonchev–Trinajstić information content (AvgIpc) is 2.80. The molecule has 0 saturated heterocycles. The van der Waals surface area contributed by atoms with Crippen LogP contribution in [0.3, 0.4) is 0 Å². The molecule has 3 aromatic rings. The standard InChI is InChI=1S/C23H15Br2FN2O5/c24-15-8-14(21(17(25)10-15)33-23(30)13-4-3-5-16(26)9-13)11-27-28-22(29)20-12-31-18-6-1-2-7-19(18)32-20/h1-11,20H,12H2,(H,28,29)/b27-11+. The van der Waals surface area contributed by atoms with Gasteiger partial charge in [-0.1, -0.05) is 34.1 Å². The fraction of sp³-hybridized carbons (Fsp3) is 0.0870. The highest BCUT2D eigenvalue weighted by Gasteiger charge is 2.27. The molecule has 10 heteroatoms. The first-order chi connectivity index (χ1) is 15.9. The lowest BCUT2D eigenvalue weighted by Crippen LogP contribution is -2.42. The van der Waals surface area contributed by atoms with Crippen LogP contribution in [-0.2, 0) is 4.79 Å². The second kappa shape index (κ2) is 10.1. The minimum atomic E-state index is -0.878. The Bertz CT molecular complexity index is 1250. The van der Waals surface area contributed by atoms with E-state index >= 15 is 0 Å². The number of ether oxygens (including phenoxy) is 3. The summed E-state index contributed by atoms with van der Waals surface area (Å²) in [4.78, 5) is 24.9. The van der Waals surface area contributed by atoms with E-state index in [1.54, 1.807) is 30.3 Å². The van der Waals surface area contributed by atoms with Gasteiger partial charge in [0.05, 0.1) is 16.3 Å². The van der Waals surface area contributed by atoms with Gasteiger partial charge in [-0.25, -0.2) is 14.6 Å². The maximum absolute atomic E-state index is 13.5. The van der Waals surface area contributed by atoms with Crippen LogP contribution in [0.15, 0.2) is 74.7 Å². The third-order valence-electron chi connectivity index (χ3n) is 4.47. The van der Waals surface area contributed by atoms with Crippen LogP contribution >= 0.6 is 31.9 Å². The largest absolute Gasteiger partial charge is 0.485 e. The lowest BCUT2D eigenvalue weighted by atomic mass is 10.2. The van der Waals surface area contributed by atoms with Crippen molar-refractivity contribution in [1.29, 1.82) is 0 Å². The number of para-hydroxylation sites is 2. The molecular weight excluding hydrogens is 563 g/mol. The number of esters is 1. The fourth-order valence-corrected chi connectivity index (χ4v) is 4.28. The lowest BCUT2D eigenvalue weighted by molar-refractivity contribution is -0.130. The van der Waals surface area contributed by atoms with Crippen LogP contribution in [0, 0.1) is 5.82 Å². The van der Waals surface area contributed by atoms with E-state index in [2.05, 4.69) is 42.4 Å². The molecule has 0 aliphatic carbocycles. The molecule has 0 saturated carbocycles. The number of carbonyl (C=O) groups is 2. The summed E-state index contributed by atoms with van der Waals surface area (Å²) in [6, 6.07) is 15.5. The summed E-state index contributed by atoms with van der Waals surface area (Å²) in [5.74, 6) is -0.628. The van der Waals surface area contributed by atoms with Crippen LogP contribution in [0.25, 0.3) is 0 Å². The molecule has 33 heavy (non-hydrogen) atoms. The Hall–Kier alpha value is -3.24. The molecule has 1 amide bonds. The second-order valence-corrected chi connectivity index (χ2v) is 8.57. The molecule has 1 heterocycles. The van der Waals surface area contributed by atoms with Crippen LogP contribution in [0.2, 0.25) is 0 Å². The highest BCUT2D eigenvalue weighted by Crippen LogP contribution is 2.33. The first kappa shape index (κ1) is 22.9. The maximum Gasteiger partial charge on any atom is 0.343 e. The molecule has 7 nitrogen and oxygen atoms in total. The van der Waals surface area contributed by atoms with Crippen molar-refractivity contribution in [3.8, 4) is 17.2 Å². The summed E-state index contributed by atoms with van der Waals surface area (Å²) in [7, 11) is 0. The van der Waals surface area contributed by atoms with E-state index in [-0.39, 0.29) is 17.9 Å². The zero-order valence-electron chi connectivity index (χ0n) is 16.8. The van der Waals surface area contributed by atoms with Gasteiger partial charge in [0.15, 0.2) is 17.2 Å². The first-order valence-electron chi connectivity index (χ1n) is 9.59. The normalized spacial score (nSPS) is 14.7. The molecule has 1 N–H and O–H groups in total. The van der Waals surface area contributed by atoms with E-state index < -0.39 is 23.8 Å². The van der Waals surface area contributed by atoms with Crippen molar-refractivity contribution in [3.05, 3.63) is 86.6 Å². The minimum Gasteiger partial charge on any atom is -0.485 e. The van der Waals surface area contributed by atoms with E-state index in [1.165, 1.54) is 24.4 Å². The predicted octanol–water partition coefficient (Wildman–Crippen LogP) is 4.86. The molecule has 3 aromatic carbocycles. The summed E-state index contributed by atoms with van der Waals surface area (Å²) >= 11 is 6.71. The number of rotatable bonds is 5. The van der Waals surface area contributed by atoms with E-state index in [0.717, 1.165) is 6.07 Å². The summed E-state index contributed by atoms with van der Waals surface area (Å²) < 4.78 is 31.2. The molecular formula is C23H15Br2FN2O5. The van der Waals surface area contributed by atoms with Crippen molar-refractivity contribution < 1.29 is 28.2 Å². The van der Waals surface area contributed by atoms with Crippen LogP contribution in [0.5, 0.6) is 17.2 Å². The number of nitrogens with one attached hydrogen (secondary N) is 1. The van der Waals surface area contributed by atoms with Crippen LogP contribution in [-0.4, -0.2) is 30.8 Å². The Morgan fingerprint density at radius 2 is 1.88 bits per heavy atom. The monoisotopic (exact) mass is 576 g/mol. The average molecular weight is 578 g/mol. The van der Waals surface area contributed by atoms with Crippen LogP contribution in [0.1, 0.15) is 15.9 Å². The van der Waals surface area contributed by atoms with Crippen molar-refractivity contribution >= 4 is 50.0 Å². The summed E-state index contributed by atoms with van der Waals surface area (Å²) in [5, 5.41) is 3.96. The van der Waals surface area contributed by atoms with E-state index in [0.29, 0.717) is 26.0 Å². The predicted molar refractivity (Wildman–Crippen MR) is 125 cm³/mol. The number of hydrogen-bond donors (Lipinski definition) is 1. The first-order valence-corrected chi connectivity index (χ1v) is 11.2. The van der Waals surface area contributed by atoms with Gasteiger partial charge in [0, 0.05) is 10.0 Å². The molecule has 1 atom stereocenters. The van der Waals surface area contributed by atoms with E-state index in [9.17, 15) is 14.0 Å². The third-order valence-corrected chi connectivity index (χ3v) is 5.52. The number of fused-ring (bicyclic) bond motifs is 1. The Balaban J connectivity index is 1.47. The molecule has 1 unspecified atom stereocenters. The molecule has 0 aromatic heterocycles. The third kappa shape index (κ3) is 5.58. The zero-order valence-corrected chi connectivity index (χ0v) is 19.9. The van der Waals surface area contributed by atoms with E-state index in [4.69, 9.17) is 14.2 Å². The molecule has 1 aliphatic heterocycles. The van der Waals surface area contributed by atoms with Gasteiger partial charge in [-0.15, -0.1) is 0 Å². The highest BCUT2D eigenvalue weighted by atomic mass is 79.9. The van der Waals surface area contributed by atoms with Crippen molar-refractivity contribution in [2.75, 3.05) is 6.61 Å². The Kier molecular flexibility index (Phi) is 7.05. The number of halogens is 3. The summed E-state index contributed by atoms with van der Waals surface area (Å²) in [6.45, 7) is 0.0390. The quantitative estimate of drug-likeness (QED) is 0.203. The minimum absolute atomic E-state index is 0.0390. The second-order valence-electron chi connectivity index (χ2n) is 6.80.